The number of amides is 3. The quantitative estimate of drug-likeness (QED) is 0.675. The van der Waals surface area contributed by atoms with Crippen LogP contribution in [0.5, 0.6) is 11.5 Å². The molecule has 0 unspecified atom stereocenters. The molecule has 0 bridgehead atoms. The van der Waals surface area contributed by atoms with Gasteiger partial charge in [0.15, 0.2) is 11.5 Å². The summed E-state index contributed by atoms with van der Waals surface area (Å²) < 4.78 is 34.5. The number of benzene rings is 1. The van der Waals surface area contributed by atoms with Crippen LogP contribution >= 0.6 is 0 Å². The molecule has 1 heterocycles. The van der Waals surface area contributed by atoms with Gasteiger partial charge in [-0.25, -0.2) is 9.69 Å². The average Bonchev–Trinajstić information content (AvgIpc) is 2.90. The molecule has 9 heteroatoms. The Bertz CT molecular complexity index is 767. The van der Waals surface area contributed by atoms with E-state index in [0.29, 0.717) is 19.4 Å². The lowest BCUT2D eigenvalue weighted by molar-refractivity contribution is -0.133. The second-order valence-electron chi connectivity index (χ2n) is 8.03. The molecule has 1 spiro atoms. The molecule has 1 aliphatic heterocycles. The highest BCUT2D eigenvalue weighted by Crippen LogP contribution is 2.33. The van der Waals surface area contributed by atoms with Crippen molar-refractivity contribution >= 4 is 11.9 Å². The molecule has 3 rings (SSSR count). The first kappa shape index (κ1) is 22.3. The van der Waals surface area contributed by atoms with Crippen LogP contribution in [0, 0.1) is 0 Å². The van der Waals surface area contributed by atoms with E-state index in [1.54, 1.807) is 19.2 Å². The Balaban J connectivity index is 1.65. The van der Waals surface area contributed by atoms with Gasteiger partial charge in [0.1, 0.15) is 5.54 Å². The van der Waals surface area contributed by atoms with E-state index in [9.17, 15) is 18.4 Å². The number of ether oxygens (including phenoxy) is 2. The van der Waals surface area contributed by atoms with Crippen LogP contribution in [0.4, 0.5) is 13.6 Å². The summed E-state index contributed by atoms with van der Waals surface area (Å²) in [6.45, 7) is -2.40. The fraction of sp³-hybridized carbons (Fsp3) is 0.619. The molecule has 0 atom stereocenters. The lowest BCUT2D eigenvalue weighted by atomic mass is 9.84. The molecule has 1 saturated carbocycles. The summed E-state index contributed by atoms with van der Waals surface area (Å²) in [4.78, 5) is 28.7. The Hall–Kier alpha value is -2.42. The summed E-state index contributed by atoms with van der Waals surface area (Å²) in [6, 6.07) is 4.33. The fourth-order valence-corrected chi connectivity index (χ4v) is 4.26. The maximum atomic E-state index is 13.1. The minimum absolute atomic E-state index is 0.0424. The zero-order chi connectivity index (χ0) is 21.7. The van der Waals surface area contributed by atoms with Crippen molar-refractivity contribution in [2.75, 3.05) is 20.8 Å². The first-order chi connectivity index (χ1) is 14.3. The van der Waals surface area contributed by atoms with E-state index in [-0.39, 0.29) is 30.1 Å². The third-order valence-corrected chi connectivity index (χ3v) is 5.73. The second-order valence-corrected chi connectivity index (χ2v) is 8.03. The number of rotatable bonds is 7. The van der Waals surface area contributed by atoms with Gasteiger partial charge in [-0.2, -0.15) is 8.78 Å². The summed E-state index contributed by atoms with van der Waals surface area (Å²) in [5, 5.41) is 2.95. The molecule has 1 aromatic carbocycles. The first-order valence-electron chi connectivity index (χ1n) is 10.3. The normalized spacial score (nSPS) is 19.2. The zero-order valence-corrected chi connectivity index (χ0v) is 17.5. The van der Waals surface area contributed by atoms with Crippen molar-refractivity contribution < 1.29 is 27.8 Å². The van der Waals surface area contributed by atoms with Gasteiger partial charge in [0.2, 0.25) is 0 Å². The van der Waals surface area contributed by atoms with Crippen LogP contribution in [0.2, 0.25) is 0 Å². The Morgan fingerprint density at radius 3 is 2.43 bits per heavy atom. The number of nitrogens with zero attached hydrogens (tertiary/aromatic N) is 2. The number of halogens is 2. The van der Waals surface area contributed by atoms with Gasteiger partial charge in [0.05, 0.1) is 13.8 Å². The van der Waals surface area contributed by atoms with Gasteiger partial charge < -0.3 is 14.8 Å². The first-order valence-corrected chi connectivity index (χ1v) is 10.3. The molecule has 1 N–H and O–H groups in total. The Kier molecular flexibility index (Phi) is 7.12. The smallest absolute Gasteiger partial charge is 0.387 e. The summed E-state index contributed by atoms with van der Waals surface area (Å²) in [5.41, 5.74) is 0.0132. The molecular formula is C21H29F2N3O4. The van der Waals surface area contributed by atoms with Crippen molar-refractivity contribution in [3.05, 3.63) is 23.8 Å². The van der Waals surface area contributed by atoms with Gasteiger partial charge in [-0.3, -0.25) is 9.69 Å². The number of nitrogens with one attached hydrogen (secondary N) is 1. The summed E-state index contributed by atoms with van der Waals surface area (Å²) in [5.74, 6) is 0.00315. The van der Waals surface area contributed by atoms with Gasteiger partial charge in [-0.1, -0.05) is 38.2 Å². The highest BCUT2D eigenvalue weighted by atomic mass is 19.3. The highest BCUT2D eigenvalue weighted by Gasteiger charge is 2.50. The molecule has 1 aromatic rings. The van der Waals surface area contributed by atoms with Crippen LogP contribution < -0.4 is 14.8 Å². The number of hydrogen-bond acceptors (Lipinski definition) is 5. The highest BCUT2D eigenvalue weighted by molar-refractivity contribution is 6.07. The van der Waals surface area contributed by atoms with Gasteiger partial charge >= 0.3 is 12.6 Å². The summed E-state index contributed by atoms with van der Waals surface area (Å²) in [7, 11) is 3.17. The molecule has 7 nitrogen and oxygen atoms in total. The Morgan fingerprint density at radius 1 is 1.13 bits per heavy atom. The number of carbonyl (C=O) groups excluding carboxylic acids is 2. The fourth-order valence-electron chi connectivity index (χ4n) is 4.26. The predicted octanol–water partition coefficient (Wildman–Crippen LogP) is 3.72. The van der Waals surface area contributed by atoms with Crippen molar-refractivity contribution in [2.45, 2.75) is 63.6 Å². The van der Waals surface area contributed by atoms with E-state index in [0.717, 1.165) is 31.2 Å². The lowest BCUT2D eigenvalue weighted by Crippen LogP contribution is -2.48. The van der Waals surface area contributed by atoms with E-state index in [1.807, 2.05) is 4.90 Å². The van der Waals surface area contributed by atoms with E-state index >= 15 is 0 Å². The van der Waals surface area contributed by atoms with Crippen molar-refractivity contribution in [3.8, 4) is 11.5 Å². The van der Waals surface area contributed by atoms with Crippen molar-refractivity contribution in [3.63, 3.8) is 0 Å². The van der Waals surface area contributed by atoms with E-state index in [2.05, 4.69) is 10.1 Å². The molecular weight excluding hydrogens is 396 g/mol. The largest absolute Gasteiger partial charge is 0.493 e. The molecule has 1 saturated heterocycles. The second kappa shape index (κ2) is 9.59. The van der Waals surface area contributed by atoms with Crippen molar-refractivity contribution in [1.29, 1.82) is 0 Å². The van der Waals surface area contributed by atoms with E-state index < -0.39 is 12.2 Å². The maximum Gasteiger partial charge on any atom is 0.387 e. The zero-order valence-electron chi connectivity index (χ0n) is 17.5. The topological polar surface area (TPSA) is 71.1 Å². The number of methoxy groups -OCH3 is 1. The SMILES string of the molecule is COc1cc(CN(C)CN2C(=O)NC3(CCCCCCC3)C2=O)ccc1OC(F)F. The molecule has 0 aromatic heterocycles. The molecule has 0 radical (unpaired) electrons. The predicted molar refractivity (Wildman–Crippen MR) is 106 cm³/mol. The maximum absolute atomic E-state index is 13.1. The van der Waals surface area contributed by atoms with Crippen LogP contribution in [-0.2, 0) is 11.3 Å². The Morgan fingerprint density at radius 2 is 1.80 bits per heavy atom. The molecule has 30 heavy (non-hydrogen) atoms. The molecule has 3 amide bonds. The lowest BCUT2D eigenvalue weighted by Gasteiger charge is -2.29. The minimum Gasteiger partial charge on any atom is -0.493 e. The standard InChI is InChI=1S/C21H29F2N3O4/c1-25(13-15-8-9-16(30-19(22)23)17(12-15)29-2)14-26-18(27)21(24-20(26)28)10-6-4-3-5-7-11-21/h8-9,12,19H,3-7,10-11,13-14H2,1-2H3,(H,24,28). The minimum atomic E-state index is -2.94. The van der Waals surface area contributed by atoms with E-state index in [1.165, 1.54) is 24.5 Å². The summed E-state index contributed by atoms with van der Waals surface area (Å²) >= 11 is 0. The monoisotopic (exact) mass is 425 g/mol. The molecule has 2 aliphatic rings. The number of imide groups is 1. The third-order valence-electron chi connectivity index (χ3n) is 5.73. The number of carbonyl (C=O) groups is 2. The van der Waals surface area contributed by atoms with Crippen molar-refractivity contribution in [2.24, 2.45) is 0 Å². The molecule has 2 fully saturated rings. The van der Waals surface area contributed by atoms with Crippen LogP contribution in [0.25, 0.3) is 0 Å². The van der Waals surface area contributed by atoms with Crippen LogP contribution in [0.1, 0.15) is 50.5 Å². The van der Waals surface area contributed by atoms with E-state index in [4.69, 9.17) is 4.74 Å². The Labute approximate surface area is 175 Å². The molecule has 166 valence electrons. The van der Waals surface area contributed by atoms with Gasteiger partial charge in [-0.05, 0) is 37.6 Å². The number of alkyl halides is 2. The molecule has 1 aliphatic carbocycles. The van der Waals surface area contributed by atoms with Crippen molar-refractivity contribution in [1.82, 2.24) is 15.1 Å². The third kappa shape index (κ3) is 5.00. The van der Waals surface area contributed by atoms with Gasteiger partial charge in [0, 0.05) is 6.54 Å². The van der Waals surface area contributed by atoms with Gasteiger partial charge in [-0.15, -0.1) is 0 Å². The van der Waals surface area contributed by atoms with Gasteiger partial charge in [0.25, 0.3) is 5.91 Å². The average molecular weight is 425 g/mol. The number of urea groups is 1. The van der Waals surface area contributed by atoms with Crippen LogP contribution in [0.3, 0.4) is 0 Å². The summed E-state index contributed by atoms with van der Waals surface area (Å²) in [6.07, 6.45) is 6.57. The van der Waals surface area contributed by atoms with Crippen LogP contribution in [-0.4, -0.2) is 54.7 Å². The van der Waals surface area contributed by atoms with Crippen LogP contribution in [0.15, 0.2) is 18.2 Å². The number of hydrogen-bond donors (Lipinski definition) is 1.